The van der Waals surface area contributed by atoms with Gasteiger partial charge in [0.15, 0.2) is 6.29 Å². The molecule has 5 heteroatoms. The third-order valence-electron chi connectivity index (χ3n) is 2.16. The summed E-state index contributed by atoms with van der Waals surface area (Å²) in [6, 6.07) is 0. The SMILES string of the molecule is COC[C@H]1O[C@H](O)[C@H](OC)[C@@H]1OC. The summed E-state index contributed by atoms with van der Waals surface area (Å²) >= 11 is 0. The van der Waals surface area contributed by atoms with Gasteiger partial charge in [0.2, 0.25) is 0 Å². The van der Waals surface area contributed by atoms with E-state index >= 15 is 0 Å². The molecule has 0 spiro atoms. The molecule has 78 valence electrons. The molecule has 1 N–H and O–H groups in total. The summed E-state index contributed by atoms with van der Waals surface area (Å²) < 4.78 is 20.3. The lowest BCUT2D eigenvalue weighted by Crippen LogP contribution is -2.37. The summed E-state index contributed by atoms with van der Waals surface area (Å²) in [4.78, 5) is 0. The molecule has 1 fully saturated rings. The Balaban J connectivity index is 2.57. The molecule has 1 aliphatic heterocycles. The lowest BCUT2D eigenvalue weighted by molar-refractivity contribution is -0.141. The van der Waals surface area contributed by atoms with Gasteiger partial charge in [-0.3, -0.25) is 0 Å². The minimum atomic E-state index is -0.935. The van der Waals surface area contributed by atoms with Crippen molar-refractivity contribution in [3.8, 4) is 0 Å². The average Bonchev–Trinajstić information content (AvgIpc) is 2.41. The van der Waals surface area contributed by atoms with Gasteiger partial charge in [0, 0.05) is 21.3 Å². The molecular weight excluding hydrogens is 176 g/mol. The van der Waals surface area contributed by atoms with E-state index in [1.807, 2.05) is 0 Å². The van der Waals surface area contributed by atoms with Crippen molar-refractivity contribution in [1.82, 2.24) is 0 Å². The molecule has 5 nitrogen and oxygen atoms in total. The molecule has 0 amide bonds. The standard InChI is InChI=1S/C8H16O5/c1-10-4-5-6(11-2)7(12-3)8(9)13-5/h5-9H,4H2,1-3H3/t5-,6-,7-,8+/m1/s1. The van der Waals surface area contributed by atoms with Crippen molar-refractivity contribution in [1.29, 1.82) is 0 Å². The van der Waals surface area contributed by atoms with Gasteiger partial charge in [-0.05, 0) is 0 Å². The topological polar surface area (TPSA) is 57.2 Å². The van der Waals surface area contributed by atoms with E-state index in [-0.39, 0.29) is 12.2 Å². The molecule has 13 heavy (non-hydrogen) atoms. The monoisotopic (exact) mass is 192 g/mol. The van der Waals surface area contributed by atoms with Crippen LogP contribution >= 0.6 is 0 Å². The van der Waals surface area contributed by atoms with Crippen LogP contribution in [0.3, 0.4) is 0 Å². The maximum atomic E-state index is 9.40. The first-order valence-electron chi connectivity index (χ1n) is 4.12. The smallest absolute Gasteiger partial charge is 0.184 e. The van der Waals surface area contributed by atoms with Gasteiger partial charge in [0.25, 0.3) is 0 Å². The maximum absolute atomic E-state index is 9.40. The largest absolute Gasteiger partial charge is 0.382 e. The van der Waals surface area contributed by atoms with Gasteiger partial charge in [-0.15, -0.1) is 0 Å². The average molecular weight is 192 g/mol. The van der Waals surface area contributed by atoms with Gasteiger partial charge >= 0.3 is 0 Å². The van der Waals surface area contributed by atoms with Gasteiger partial charge in [-0.1, -0.05) is 0 Å². The number of aliphatic hydroxyl groups excluding tert-OH is 1. The molecule has 0 aromatic heterocycles. The Morgan fingerprint density at radius 1 is 1.15 bits per heavy atom. The van der Waals surface area contributed by atoms with Crippen molar-refractivity contribution >= 4 is 0 Å². The van der Waals surface area contributed by atoms with Gasteiger partial charge < -0.3 is 24.1 Å². The molecule has 1 saturated heterocycles. The molecule has 1 rings (SSSR count). The van der Waals surface area contributed by atoms with Crippen LogP contribution in [0.15, 0.2) is 0 Å². The zero-order valence-corrected chi connectivity index (χ0v) is 8.10. The highest BCUT2D eigenvalue weighted by molar-refractivity contribution is 4.88. The molecule has 1 aliphatic rings. The van der Waals surface area contributed by atoms with E-state index < -0.39 is 12.4 Å². The zero-order valence-electron chi connectivity index (χ0n) is 8.10. The number of hydrogen-bond acceptors (Lipinski definition) is 5. The van der Waals surface area contributed by atoms with Crippen molar-refractivity contribution in [2.75, 3.05) is 27.9 Å². The summed E-state index contributed by atoms with van der Waals surface area (Å²) in [5.74, 6) is 0. The second-order valence-electron chi connectivity index (χ2n) is 2.92. The first kappa shape index (κ1) is 10.9. The molecule has 0 saturated carbocycles. The fourth-order valence-electron chi connectivity index (χ4n) is 1.54. The van der Waals surface area contributed by atoms with Crippen LogP contribution in [0.1, 0.15) is 0 Å². The summed E-state index contributed by atoms with van der Waals surface area (Å²) in [6.45, 7) is 0.384. The highest BCUT2D eigenvalue weighted by Crippen LogP contribution is 2.24. The Morgan fingerprint density at radius 2 is 1.77 bits per heavy atom. The third kappa shape index (κ3) is 2.18. The predicted molar refractivity (Wildman–Crippen MR) is 44.3 cm³/mol. The van der Waals surface area contributed by atoms with Crippen molar-refractivity contribution in [3.05, 3.63) is 0 Å². The number of ether oxygens (including phenoxy) is 4. The minimum absolute atomic E-state index is 0.269. The van der Waals surface area contributed by atoms with Crippen LogP contribution in [0.5, 0.6) is 0 Å². The Bertz CT molecular complexity index is 151. The molecule has 0 aliphatic carbocycles. The first-order chi connectivity index (χ1) is 6.24. The van der Waals surface area contributed by atoms with Crippen LogP contribution in [0.4, 0.5) is 0 Å². The van der Waals surface area contributed by atoms with Crippen LogP contribution < -0.4 is 0 Å². The normalized spacial score (nSPS) is 39.7. The minimum Gasteiger partial charge on any atom is -0.382 e. The van der Waals surface area contributed by atoms with E-state index in [2.05, 4.69) is 0 Å². The summed E-state index contributed by atoms with van der Waals surface area (Å²) in [5, 5.41) is 9.40. The van der Waals surface area contributed by atoms with E-state index in [1.54, 1.807) is 14.2 Å². The van der Waals surface area contributed by atoms with E-state index in [1.165, 1.54) is 7.11 Å². The molecule has 0 aromatic carbocycles. The molecule has 0 aromatic rings. The molecule has 0 unspecified atom stereocenters. The van der Waals surface area contributed by atoms with Crippen molar-refractivity contribution in [3.63, 3.8) is 0 Å². The Morgan fingerprint density at radius 3 is 2.23 bits per heavy atom. The van der Waals surface area contributed by atoms with Crippen LogP contribution in [0.2, 0.25) is 0 Å². The van der Waals surface area contributed by atoms with E-state index in [9.17, 15) is 5.11 Å². The van der Waals surface area contributed by atoms with Gasteiger partial charge in [0.05, 0.1) is 6.61 Å². The second-order valence-corrected chi connectivity index (χ2v) is 2.92. The van der Waals surface area contributed by atoms with Crippen LogP contribution in [-0.2, 0) is 18.9 Å². The first-order valence-corrected chi connectivity index (χ1v) is 4.12. The quantitative estimate of drug-likeness (QED) is 0.643. The third-order valence-corrected chi connectivity index (χ3v) is 2.16. The number of hydrogen-bond donors (Lipinski definition) is 1. The summed E-state index contributed by atoms with van der Waals surface area (Å²) in [5.41, 5.74) is 0. The lowest BCUT2D eigenvalue weighted by atomic mass is 10.1. The molecule has 1 heterocycles. The van der Waals surface area contributed by atoms with Gasteiger partial charge in [0.1, 0.15) is 18.3 Å². The highest BCUT2D eigenvalue weighted by atomic mass is 16.7. The number of rotatable bonds is 4. The van der Waals surface area contributed by atoms with E-state index in [0.717, 1.165) is 0 Å². The maximum Gasteiger partial charge on any atom is 0.184 e. The predicted octanol–water partition coefficient (Wildman–Crippen LogP) is -0.620. The lowest BCUT2D eigenvalue weighted by Gasteiger charge is -2.19. The van der Waals surface area contributed by atoms with Gasteiger partial charge in [-0.2, -0.15) is 0 Å². The molecule has 0 radical (unpaired) electrons. The molecular formula is C8H16O5. The van der Waals surface area contributed by atoms with Gasteiger partial charge in [-0.25, -0.2) is 0 Å². The Hall–Kier alpha value is -0.200. The van der Waals surface area contributed by atoms with Crippen LogP contribution in [0, 0.1) is 0 Å². The van der Waals surface area contributed by atoms with Crippen molar-refractivity contribution < 1.29 is 24.1 Å². The van der Waals surface area contributed by atoms with Crippen molar-refractivity contribution in [2.45, 2.75) is 24.6 Å². The van der Waals surface area contributed by atoms with Crippen molar-refractivity contribution in [2.24, 2.45) is 0 Å². The zero-order chi connectivity index (χ0) is 9.84. The Labute approximate surface area is 77.5 Å². The second kappa shape index (κ2) is 4.88. The summed E-state index contributed by atoms with van der Waals surface area (Å²) in [7, 11) is 4.64. The number of aliphatic hydroxyl groups is 1. The summed E-state index contributed by atoms with van der Waals surface area (Å²) in [6.07, 6.45) is -1.92. The van der Waals surface area contributed by atoms with E-state index in [4.69, 9.17) is 18.9 Å². The molecule has 0 bridgehead atoms. The Kier molecular flexibility index (Phi) is 4.08. The van der Waals surface area contributed by atoms with Crippen LogP contribution in [0.25, 0.3) is 0 Å². The van der Waals surface area contributed by atoms with Crippen LogP contribution in [-0.4, -0.2) is 57.6 Å². The number of methoxy groups -OCH3 is 3. The molecule has 4 atom stereocenters. The fraction of sp³-hybridized carbons (Fsp3) is 1.00. The fourth-order valence-corrected chi connectivity index (χ4v) is 1.54. The van der Waals surface area contributed by atoms with E-state index in [0.29, 0.717) is 6.61 Å². The highest BCUT2D eigenvalue weighted by Gasteiger charge is 2.44.